The Morgan fingerprint density at radius 3 is 2.03 bits per heavy atom. The summed E-state index contributed by atoms with van der Waals surface area (Å²) in [5.41, 5.74) is 8.07. The summed E-state index contributed by atoms with van der Waals surface area (Å²) >= 11 is 0. The number of benzene rings is 4. The molecule has 2 heteroatoms. The second kappa shape index (κ2) is 8.41. The summed E-state index contributed by atoms with van der Waals surface area (Å²) in [6.07, 6.45) is 4.18. The van der Waals surface area contributed by atoms with E-state index in [4.69, 9.17) is 9.68 Å². The van der Waals surface area contributed by atoms with Gasteiger partial charge in [-0.15, -0.1) is 0 Å². The molecule has 0 bridgehead atoms. The molecule has 5 rings (SSSR count). The van der Waals surface area contributed by atoms with Gasteiger partial charge in [0.15, 0.2) is 0 Å². The Bertz CT molecular complexity index is 1510. The summed E-state index contributed by atoms with van der Waals surface area (Å²) in [5, 5.41) is 11.3. The van der Waals surface area contributed by atoms with Gasteiger partial charge in [-0.1, -0.05) is 85.5 Å². The monoisotopic (exact) mass is 411 g/mol. The Hall–Kier alpha value is -4.35. The van der Waals surface area contributed by atoms with Crippen LogP contribution in [-0.4, -0.2) is 0 Å². The third kappa shape index (κ3) is 3.73. The Labute approximate surface area is 187 Å². The molecule has 2 nitrogen and oxygen atoms in total. The van der Waals surface area contributed by atoms with Crippen LogP contribution in [0.2, 0.25) is 0 Å². The first-order valence-electron chi connectivity index (χ1n) is 10.6. The summed E-state index contributed by atoms with van der Waals surface area (Å²) in [4.78, 5) is 0. The topological polar surface area (TPSA) is 36.9 Å². The van der Waals surface area contributed by atoms with Crippen molar-refractivity contribution in [2.45, 2.75) is 6.42 Å². The molecule has 0 N–H and O–H groups in total. The molecule has 0 aliphatic rings. The van der Waals surface area contributed by atoms with Crippen molar-refractivity contribution in [1.82, 2.24) is 0 Å². The highest BCUT2D eigenvalue weighted by Crippen LogP contribution is 2.34. The van der Waals surface area contributed by atoms with Gasteiger partial charge in [-0.05, 0) is 58.5 Å². The average Bonchev–Trinajstić information content (AvgIpc) is 3.22. The van der Waals surface area contributed by atoms with Gasteiger partial charge >= 0.3 is 0 Å². The smallest absolute Gasteiger partial charge is 0.136 e. The fourth-order valence-electron chi connectivity index (χ4n) is 4.05. The lowest BCUT2D eigenvalue weighted by Crippen LogP contribution is -1.85. The van der Waals surface area contributed by atoms with E-state index in [1.165, 1.54) is 5.56 Å². The van der Waals surface area contributed by atoms with Crippen molar-refractivity contribution in [1.29, 1.82) is 5.26 Å². The van der Waals surface area contributed by atoms with Crippen LogP contribution in [0.1, 0.15) is 5.56 Å². The van der Waals surface area contributed by atoms with Crippen LogP contribution in [0.3, 0.4) is 0 Å². The minimum Gasteiger partial charge on any atom is -0.456 e. The van der Waals surface area contributed by atoms with Crippen molar-refractivity contribution >= 4 is 21.9 Å². The number of hydrogen-bond acceptors (Lipinski definition) is 2. The maximum atomic E-state index is 9.08. The standard InChI is InChI=1S/C30H21NO/c1-2-21(20-31)11-12-22-7-6-10-24(17-22)26-14-16-28-27-15-13-25(23-8-4-3-5-9-23)18-29(27)32-30(28)19-26/h2-11,13-19H,1,12H2/b21-11+. The lowest BCUT2D eigenvalue weighted by atomic mass is 9.99. The third-order valence-corrected chi connectivity index (χ3v) is 5.75. The highest BCUT2D eigenvalue weighted by molar-refractivity contribution is 6.06. The van der Waals surface area contributed by atoms with Crippen molar-refractivity contribution in [3.63, 3.8) is 0 Å². The first-order chi connectivity index (χ1) is 15.7. The molecule has 4 aromatic carbocycles. The fourth-order valence-corrected chi connectivity index (χ4v) is 4.05. The number of rotatable bonds is 5. The van der Waals surface area contributed by atoms with Crippen LogP contribution < -0.4 is 0 Å². The van der Waals surface area contributed by atoms with E-state index in [1.807, 2.05) is 30.3 Å². The lowest BCUT2D eigenvalue weighted by molar-refractivity contribution is 0.669. The molecule has 0 aliphatic heterocycles. The molecule has 1 aromatic heterocycles. The minimum absolute atomic E-state index is 0.592. The van der Waals surface area contributed by atoms with Crippen LogP contribution in [0, 0.1) is 11.3 Å². The summed E-state index contributed by atoms with van der Waals surface area (Å²) in [6.45, 7) is 3.68. The van der Waals surface area contributed by atoms with Crippen molar-refractivity contribution < 1.29 is 4.42 Å². The molecule has 0 radical (unpaired) electrons. The van der Waals surface area contributed by atoms with Crippen molar-refractivity contribution in [3.8, 4) is 28.3 Å². The van der Waals surface area contributed by atoms with Gasteiger partial charge in [-0.3, -0.25) is 0 Å². The molecule has 0 fully saturated rings. The van der Waals surface area contributed by atoms with Gasteiger partial charge in [0, 0.05) is 16.3 Å². The van der Waals surface area contributed by atoms with E-state index in [9.17, 15) is 0 Å². The molecule has 0 saturated carbocycles. The first-order valence-corrected chi connectivity index (χ1v) is 10.6. The van der Waals surface area contributed by atoms with E-state index < -0.39 is 0 Å². The van der Waals surface area contributed by atoms with Crippen molar-refractivity contribution in [2.24, 2.45) is 0 Å². The third-order valence-electron chi connectivity index (χ3n) is 5.75. The maximum absolute atomic E-state index is 9.08. The molecule has 5 aromatic rings. The fraction of sp³-hybridized carbons (Fsp3) is 0.0333. The molecule has 1 heterocycles. The molecule has 0 amide bonds. The Morgan fingerprint density at radius 1 is 0.750 bits per heavy atom. The SMILES string of the molecule is C=C/C(C#N)=C\Cc1cccc(-c2ccc3c(c2)oc2cc(-c4ccccc4)ccc23)c1. The van der Waals surface area contributed by atoms with E-state index in [1.54, 1.807) is 6.08 Å². The van der Waals surface area contributed by atoms with Gasteiger partial charge in [0.25, 0.3) is 0 Å². The molecular weight excluding hydrogens is 390 g/mol. The van der Waals surface area contributed by atoms with E-state index in [-0.39, 0.29) is 0 Å². The van der Waals surface area contributed by atoms with Crippen LogP contribution in [0.4, 0.5) is 0 Å². The van der Waals surface area contributed by atoms with Crippen molar-refractivity contribution in [2.75, 3.05) is 0 Å². The van der Waals surface area contributed by atoms with E-state index in [2.05, 4.69) is 79.4 Å². The van der Waals surface area contributed by atoms with Gasteiger partial charge in [0.2, 0.25) is 0 Å². The molecular formula is C30H21NO. The number of furan rings is 1. The Morgan fingerprint density at radius 2 is 1.38 bits per heavy atom. The molecule has 0 atom stereocenters. The summed E-state index contributed by atoms with van der Waals surface area (Å²) in [5.74, 6) is 0. The first kappa shape index (κ1) is 19.6. The lowest BCUT2D eigenvalue weighted by Gasteiger charge is -2.04. The average molecular weight is 412 g/mol. The van der Waals surface area contributed by atoms with Gasteiger partial charge in [0.1, 0.15) is 11.2 Å². The molecule has 0 aliphatic carbocycles. The van der Waals surface area contributed by atoms with Crippen LogP contribution >= 0.6 is 0 Å². The summed E-state index contributed by atoms with van der Waals surface area (Å²) in [6, 6.07) is 33.7. The maximum Gasteiger partial charge on any atom is 0.136 e. The highest BCUT2D eigenvalue weighted by Gasteiger charge is 2.10. The zero-order valence-corrected chi connectivity index (χ0v) is 17.6. The minimum atomic E-state index is 0.592. The number of nitriles is 1. The molecule has 152 valence electrons. The molecule has 0 spiro atoms. The highest BCUT2D eigenvalue weighted by atomic mass is 16.3. The van der Waals surface area contributed by atoms with E-state index in [0.717, 1.165) is 44.2 Å². The van der Waals surface area contributed by atoms with E-state index >= 15 is 0 Å². The zero-order valence-electron chi connectivity index (χ0n) is 17.6. The van der Waals surface area contributed by atoms with E-state index in [0.29, 0.717) is 12.0 Å². The predicted octanol–water partition coefficient (Wildman–Crippen LogP) is 8.10. The number of hydrogen-bond donors (Lipinski definition) is 0. The van der Waals surface area contributed by atoms with Crippen LogP contribution in [0.15, 0.2) is 120 Å². The zero-order chi connectivity index (χ0) is 21.9. The summed E-state index contributed by atoms with van der Waals surface area (Å²) in [7, 11) is 0. The number of allylic oxidation sites excluding steroid dienone is 3. The predicted molar refractivity (Wildman–Crippen MR) is 132 cm³/mol. The Kier molecular flexibility index (Phi) is 5.15. The Balaban J connectivity index is 1.51. The molecule has 0 unspecified atom stereocenters. The molecule has 32 heavy (non-hydrogen) atoms. The van der Waals surface area contributed by atoms with Gasteiger partial charge in [-0.25, -0.2) is 0 Å². The van der Waals surface area contributed by atoms with Crippen LogP contribution in [-0.2, 0) is 6.42 Å². The summed E-state index contributed by atoms with van der Waals surface area (Å²) < 4.78 is 6.26. The second-order valence-corrected chi connectivity index (χ2v) is 7.77. The quantitative estimate of drug-likeness (QED) is 0.216. The normalized spacial score (nSPS) is 11.5. The van der Waals surface area contributed by atoms with Gasteiger partial charge < -0.3 is 4.42 Å². The van der Waals surface area contributed by atoms with Gasteiger partial charge in [-0.2, -0.15) is 5.26 Å². The largest absolute Gasteiger partial charge is 0.456 e. The van der Waals surface area contributed by atoms with Crippen LogP contribution in [0.5, 0.6) is 0 Å². The van der Waals surface area contributed by atoms with Gasteiger partial charge in [0.05, 0.1) is 6.07 Å². The van der Waals surface area contributed by atoms with Crippen molar-refractivity contribution in [3.05, 3.63) is 121 Å². The number of fused-ring (bicyclic) bond motifs is 3. The van der Waals surface area contributed by atoms with Crippen LogP contribution in [0.25, 0.3) is 44.2 Å². The second-order valence-electron chi connectivity index (χ2n) is 7.77. The molecule has 0 saturated heterocycles. The number of nitrogens with zero attached hydrogens (tertiary/aromatic N) is 1.